The van der Waals surface area contributed by atoms with Crippen LogP contribution in [-0.2, 0) is 0 Å². The van der Waals surface area contributed by atoms with Gasteiger partial charge >= 0.3 is 0 Å². The SMILES string of the molecule is CN(C)c1cccc(-c2cc(-c3nc(SCC(O)O)n[nH]3)cc(N([O-])O)c2)c1. The Morgan fingerprint density at radius 1 is 1.07 bits per heavy atom. The van der Waals surface area contributed by atoms with Gasteiger partial charge in [0.15, 0.2) is 12.1 Å². The Hall–Kier alpha value is -2.63. The van der Waals surface area contributed by atoms with E-state index in [2.05, 4.69) is 15.2 Å². The quantitative estimate of drug-likeness (QED) is 0.267. The number of aromatic nitrogens is 3. The minimum atomic E-state index is -1.46. The number of aliphatic hydroxyl groups is 2. The first-order valence-corrected chi connectivity index (χ1v) is 9.33. The first kappa shape index (κ1) is 20.1. The lowest BCUT2D eigenvalue weighted by atomic mass is 10.0. The molecule has 0 atom stereocenters. The number of benzene rings is 2. The standard InChI is InChI=1S/C18H20N5O4S/c1-22(2)14-5-3-4-11(7-14)12-6-13(9-15(8-12)23(26)27)17-19-18(21-20-17)28-10-16(24)25/h3-9,16,24-26H,10H2,1-2H3,(H,19,20,21)/q-1. The molecule has 0 unspecified atom stereocenters. The number of hydrogen-bond acceptors (Lipinski definition) is 9. The number of nitrogens with one attached hydrogen (secondary N) is 1. The second kappa shape index (κ2) is 8.59. The highest BCUT2D eigenvalue weighted by Gasteiger charge is 2.12. The molecule has 9 nitrogen and oxygen atoms in total. The van der Waals surface area contributed by atoms with Gasteiger partial charge in [0.2, 0.25) is 5.16 Å². The van der Waals surface area contributed by atoms with E-state index < -0.39 is 6.29 Å². The molecule has 0 spiro atoms. The Kier molecular flexibility index (Phi) is 6.17. The van der Waals surface area contributed by atoms with Crippen LogP contribution in [0.5, 0.6) is 0 Å². The predicted octanol–water partition coefficient (Wildman–Crippen LogP) is 2.30. The normalized spacial score (nSPS) is 11.1. The highest BCUT2D eigenvalue weighted by atomic mass is 32.2. The van der Waals surface area contributed by atoms with Gasteiger partial charge in [0.25, 0.3) is 0 Å². The molecular weight excluding hydrogens is 382 g/mol. The third kappa shape index (κ3) is 4.80. The fourth-order valence-corrected chi connectivity index (χ4v) is 3.14. The van der Waals surface area contributed by atoms with Gasteiger partial charge in [-0.25, -0.2) is 4.98 Å². The van der Waals surface area contributed by atoms with Gasteiger partial charge in [-0.1, -0.05) is 23.9 Å². The smallest absolute Gasteiger partial charge is 0.208 e. The fourth-order valence-electron chi connectivity index (χ4n) is 2.58. The summed E-state index contributed by atoms with van der Waals surface area (Å²) >= 11 is 1.08. The summed E-state index contributed by atoms with van der Waals surface area (Å²) in [5, 5.41) is 45.8. The van der Waals surface area contributed by atoms with Crippen LogP contribution in [0.15, 0.2) is 47.6 Å². The largest absolute Gasteiger partial charge is 0.733 e. The molecule has 0 saturated heterocycles. The highest BCUT2D eigenvalue weighted by molar-refractivity contribution is 7.99. The van der Waals surface area contributed by atoms with Crippen molar-refractivity contribution < 1.29 is 15.4 Å². The summed E-state index contributed by atoms with van der Waals surface area (Å²) in [5.74, 6) is 0.425. The Labute approximate surface area is 165 Å². The van der Waals surface area contributed by atoms with Crippen LogP contribution in [0.25, 0.3) is 22.5 Å². The number of anilines is 2. The van der Waals surface area contributed by atoms with Crippen LogP contribution in [0.3, 0.4) is 0 Å². The molecule has 0 amide bonds. The molecule has 10 heteroatoms. The van der Waals surface area contributed by atoms with Gasteiger partial charge in [-0.05, 0) is 41.5 Å². The van der Waals surface area contributed by atoms with Gasteiger partial charge in [-0.15, -0.1) is 5.10 Å². The molecule has 0 aliphatic carbocycles. The summed E-state index contributed by atoms with van der Waals surface area (Å²) in [6.07, 6.45) is -1.46. The number of rotatable bonds is 7. The van der Waals surface area contributed by atoms with Crippen LogP contribution < -0.4 is 10.1 Å². The van der Waals surface area contributed by atoms with Gasteiger partial charge in [-0.2, -0.15) is 0 Å². The number of thioether (sulfide) groups is 1. The molecule has 3 rings (SSSR count). The number of nitrogens with zero attached hydrogens (tertiary/aromatic N) is 4. The molecule has 1 heterocycles. The van der Waals surface area contributed by atoms with Gasteiger partial charge in [0, 0.05) is 25.3 Å². The molecule has 0 aliphatic rings. The molecule has 0 aliphatic heterocycles. The van der Waals surface area contributed by atoms with E-state index in [0.29, 0.717) is 16.5 Å². The van der Waals surface area contributed by atoms with Crippen molar-refractivity contribution in [2.45, 2.75) is 11.4 Å². The summed E-state index contributed by atoms with van der Waals surface area (Å²) in [7, 11) is 3.87. The highest BCUT2D eigenvalue weighted by Crippen LogP contribution is 2.32. The van der Waals surface area contributed by atoms with Crippen LogP contribution >= 0.6 is 11.8 Å². The first-order valence-electron chi connectivity index (χ1n) is 8.34. The maximum atomic E-state index is 11.5. The minimum absolute atomic E-state index is 0.0326. The predicted molar refractivity (Wildman–Crippen MR) is 108 cm³/mol. The minimum Gasteiger partial charge on any atom is -0.733 e. The van der Waals surface area contributed by atoms with Crippen molar-refractivity contribution in [2.24, 2.45) is 0 Å². The van der Waals surface area contributed by atoms with Gasteiger partial charge < -0.3 is 25.5 Å². The van der Waals surface area contributed by atoms with E-state index in [1.165, 1.54) is 6.07 Å². The third-order valence-electron chi connectivity index (χ3n) is 3.93. The third-order valence-corrected chi connectivity index (χ3v) is 4.84. The lowest BCUT2D eigenvalue weighted by molar-refractivity contribution is -0.0186. The van der Waals surface area contributed by atoms with Crippen LogP contribution in [0, 0.1) is 5.21 Å². The number of aliphatic hydroxyl groups excluding tert-OH is 1. The first-order chi connectivity index (χ1) is 13.3. The summed E-state index contributed by atoms with van der Waals surface area (Å²) in [6.45, 7) is 0. The molecular formula is C18H20N5O4S-. The van der Waals surface area contributed by atoms with Crippen molar-refractivity contribution in [2.75, 3.05) is 30.0 Å². The number of H-pyrrole nitrogens is 1. The molecule has 28 heavy (non-hydrogen) atoms. The summed E-state index contributed by atoms with van der Waals surface area (Å²) in [5.41, 5.74) is 3.20. The van der Waals surface area contributed by atoms with Crippen molar-refractivity contribution >= 4 is 23.1 Å². The van der Waals surface area contributed by atoms with E-state index in [-0.39, 0.29) is 16.7 Å². The number of aromatic amines is 1. The second-order valence-electron chi connectivity index (χ2n) is 6.24. The Balaban J connectivity index is 2.00. The summed E-state index contributed by atoms with van der Waals surface area (Å²) in [6, 6.07) is 12.7. The second-order valence-corrected chi connectivity index (χ2v) is 7.23. The maximum absolute atomic E-state index is 11.5. The summed E-state index contributed by atoms with van der Waals surface area (Å²) in [4.78, 5) is 6.27. The van der Waals surface area contributed by atoms with Gasteiger partial charge in [0.05, 0.1) is 11.4 Å². The van der Waals surface area contributed by atoms with E-state index in [1.54, 1.807) is 6.07 Å². The van der Waals surface area contributed by atoms with Crippen molar-refractivity contribution in [3.63, 3.8) is 0 Å². The van der Waals surface area contributed by atoms with E-state index in [0.717, 1.165) is 28.6 Å². The van der Waals surface area contributed by atoms with Crippen LogP contribution in [-0.4, -0.2) is 56.7 Å². The summed E-state index contributed by atoms with van der Waals surface area (Å²) < 4.78 is 0. The Morgan fingerprint density at radius 2 is 1.79 bits per heavy atom. The molecule has 0 fully saturated rings. The lowest BCUT2D eigenvalue weighted by Gasteiger charge is -2.23. The molecule has 0 saturated carbocycles. The van der Waals surface area contributed by atoms with Crippen LogP contribution in [0.1, 0.15) is 0 Å². The van der Waals surface area contributed by atoms with Crippen molar-refractivity contribution in [3.8, 4) is 22.5 Å². The molecule has 2 aromatic carbocycles. The topological polar surface area (TPSA) is 132 Å². The molecule has 4 N–H and O–H groups in total. The molecule has 1 aromatic heterocycles. The Bertz CT molecular complexity index is 945. The average Bonchev–Trinajstić information content (AvgIpc) is 3.15. The van der Waals surface area contributed by atoms with Gasteiger partial charge in [0.1, 0.15) is 0 Å². The zero-order valence-electron chi connectivity index (χ0n) is 15.3. The van der Waals surface area contributed by atoms with E-state index in [9.17, 15) is 10.4 Å². The Morgan fingerprint density at radius 3 is 2.46 bits per heavy atom. The fraction of sp³-hybridized carbons (Fsp3) is 0.222. The zero-order valence-corrected chi connectivity index (χ0v) is 16.1. The van der Waals surface area contributed by atoms with Crippen LogP contribution in [0.2, 0.25) is 0 Å². The average molecular weight is 402 g/mol. The van der Waals surface area contributed by atoms with Crippen molar-refractivity contribution in [1.82, 2.24) is 15.2 Å². The van der Waals surface area contributed by atoms with E-state index >= 15 is 0 Å². The van der Waals surface area contributed by atoms with E-state index in [1.807, 2.05) is 49.3 Å². The lowest BCUT2D eigenvalue weighted by Crippen LogP contribution is -2.08. The molecule has 148 valence electrons. The molecule has 0 radical (unpaired) electrons. The molecule has 3 aromatic rings. The van der Waals surface area contributed by atoms with Crippen molar-refractivity contribution in [1.29, 1.82) is 0 Å². The number of hydrogen-bond donors (Lipinski definition) is 4. The maximum Gasteiger partial charge on any atom is 0.208 e. The van der Waals surface area contributed by atoms with Gasteiger partial charge in [-0.3, -0.25) is 10.3 Å². The zero-order chi connectivity index (χ0) is 20.3. The van der Waals surface area contributed by atoms with E-state index in [4.69, 9.17) is 10.2 Å². The monoisotopic (exact) mass is 402 g/mol. The van der Waals surface area contributed by atoms with Crippen molar-refractivity contribution in [3.05, 3.63) is 47.7 Å². The molecule has 0 bridgehead atoms. The van der Waals surface area contributed by atoms with Crippen LogP contribution in [0.4, 0.5) is 11.4 Å².